The second-order valence-electron chi connectivity index (χ2n) is 6.46. The third-order valence-electron chi connectivity index (χ3n) is 4.58. The number of rotatable bonds is 5. The van der Waals surface area contributed by atoms with Crippen LogP contribution in [0.5, 0.6) is 0 Å². The van der Waals surface area contributed by atoms with E-state index in [1.807, 2.05) is 44.2 Å². The maximum Gasteiger partial charge on any atom is 0.326 e. The third kappa shape index (κ3) is 3.85. The third-order valence-corrected chi connectivity index (χ3v) is 5.60. The first-order valence-corrected chi connectivity index (χ1v) is 9.78. The Morgan fingerprint density at radius 3 is 2.44 bits per heavy atom. The number of carboxylic acids is 1. The number of aromatic nitrogens is 1. The van der Waals surface area contributed by atoms with Crippen LogP contribution in [0.4, 0.5) is 0 Å². The molecule has 0 radical (unpaired) electrons. The Kier molecular flexibility index (Phi) is 5.56. The highest BCUT2D eigenvalue weighted by atomic mass is 32.1. The molecule has 6 heteroatoms. The predicted molar refractivity (Wildman–Crippen MR) is 107 cm³/mol. The molecule has 3 aromatic rings. The van der Waals surface area contributed by atoms with Gasteiger partial charge in [0.1, 0.15) is 6.04 Å². The van der Waals surface area contributed by atoms with Gasteiger partial charge in [-0.05, 0) is 49.6 Å². The van der Waals surface area contributed by atoms with Gasteiger partial charge in [-0.1, -0.05) is 48.9 Å². The molecular weight excluding hydrogens is 360 g/mol. The number of benzene rings is 2. The number of hydrogen-bond acceptors (Lipinski definition) is 3. The average Bonchev–Trinajstić information content (AvgIpc) is 2.99. The van der Waals surface area contributed by atoms with E-state index < -0.39 is 12.0 Å². The number of carboxylic acid groups (broad SMARTS) is 1. The first-order valence-electron chi connectivity index (χ1n) is 8.97. The molecule has 5 nitrogen and oxygen atoms in total. The summed E-state index contributed by atoms with van der Waals surface area (Å²) in [4.78, 5) is 29.1. The van der Waals surface area contributed by atoms with Gasteiger partial charge in [-0.2, -0.15) is 4.99 Å². The van der Waals surface area contributed by atoms with Crippen molar-refractivity contribution in [1.29, 1.82) is 0 Å². The van der Waals surface area contributed by atoms with Crippen molar-refractivity contribution in [3.8, 4) is 0 Å². The first kappa shape index (κ1) is 19.0. The molecule has 140 valence electrons. The molecule has 2 aromatic carbocycles. The van der Waals surface area contributed by atoms with Crippen molar-refractivity contribution in [1.82, 2.24) is 4.57 Å². The zero-order chi connectivity index (χ0) is 19.6. The minimum absolute atomic E-state index is 0.369. The van der Waals surface area contributed by atoms with Gasteiger partial charge in [0.2, 0.25) is 0 Å². The summed E-state index contributed by atoms with van der Waals surface area (Å²) in [5.74, 6) is -1.30. The summed E-state index contributed by atoms with van der Waals surface area (Å²) in [7, 11) is 0. The quantitative estimate of drug-likeness (QED) is 0.713. The number of carbonyl (C=O) groups is 2. The summed E-state index contributed by atoms with van der Waals surface area (Å²) in [5.41, 5.74) is 3.51. The van der Waals surface area contributed by atoms with Gasteiger partial charge in [0, 0.05) is 5.56 Å². The molecule has 1 aromatic heterocycles. The average molecular weight is 382 g/mol. The number of fused-ring (bicyclic) bond motifs is 1. The van der Waals surface area contributed by atoms with Crippen molar-refractivity contribution < 1.29 is 14.7 Å². The lowest BCUT2D eigenvalue weighted by atomic mass is 10.1. The molecule has 0 aliphatic carbocycles. The van der Waals surface area contributed by atoms with Gasteiger partial charge >= 0.3 is 5.97 Å². The van der Waals surface area contributed by atoms with Crippen LogP contribution in [0.2, 0.25) is 0 Å². The molecule has 0 spiro atoms. The van der Waals surface area contributed by atoms with Gasteiger partial charge in [-0.15, -0.1) is 0 Å². The first-order chi connectivity index (χ1) is 12.9. The molecule has 0 fully saturated rings. The number of aryl methyl sites for hydroxylation is 2. The monoisotopic (exact) mass is 382 g/mol. The molecule has 0 aliphatic rings. The van der Waals surface area contributed by atoms with E-state index in [0.29, 0.717) is 16.8 Å². The Labute approximate surface area is 161 Å². The fourth-order valence-electron chi connectivity index (χ4n) is 3.00. The van der Waals surface area contributed by atoms with Crippen LogP contribution in [0.1, 0.15) is 47.8 Å². The number of hydrogen-bond donors (Lipinski definition) is 1. The molecule has 0 saturated heterocycles. The summed E-state index contributed by atoms with van der Waals surface area (Å²) in [6.07, 6.45) is 1.29. The predicted octanol–water partition coefficient (Wildman–Crippen LogP) is 4.35. The summed E-state index contributed by atoms with van der Waals surface area (Å²) in [6.45, 7) is 5.85. The Bertz CT molecular complexity index is 1060. The maximum atomic E-state index is 12.6. The van der Waals surface area contributed by atoms with Crippen molar-refractivity contribution >= 4 is 33.4 Å². The molecule has 0 saturated carbocycles. The smallest absolute Gasteiger partial charge is 0.326 e. The molecule has 1 atom stereocenters. The minimum atomic E-state index is -0.930. The molecule has 1 heterocycles. The molecule has 1 N–H and O–H groups in total. The summed E-state index contributed by atoms with van der Waals surface area (Å²) in [6, 6.07) is 12.4. The van der Waals surface area contributed by atoms with Crippen LogP contribution < -0.4 is 4.80 Å². The van der Waals surface area contributed by atoms with Crippen LogP contribution in [0, 0.1) is 6.92 Å². The molecule has 1 amide bonds. The van der Waals surface area contributed by atoms with E-state index in [1.165, 1.54) is 11.3 Å². The SMILES string of the molecule is CCc1ccc2c(c1)s/c(=N\C(=O)c1ccc(C)cc1)n2C(CC)C(=O)O. The van der Waals surface area contributed by atoms with Crippen LogP contribution in [-0.2, 0) is 11.2 Å². The highest BCUT2D eigenvalue weighted by Gasteiger charge is 2.22. The number of aliphatic carboxylic acids is 1. The van der Waals surface area contributed by atoms with Gasteiger partial charge in [0.15, 0.2) is 4.80 Å². The highest BCUT2D eigenvalue weighted by Crippen LogP contribution is 2.24. The molecule has 3 rings (SSSR count). The molecule has 27 heavy (non-hydrogen) atoms. The summed E-state index contributed by atoms with van der Waals surface area (Å²) in [5, 5.41) is 9.67. The van der Waals surface area contributed by atoms with Crippen LogP contribution in [-0.4, -0.2) is 21.6 Å². The zero-order valence-electron chi connectivity index (χ0n) is 15.6. The normalized spacial score (nSPS) is 13.1. The van der Waals surface area contributed by atoms with Crippen molar-refractivity contribution in [3.05, 3.63) is 64.0 Å². The van der Waals surface area contributed by atoms with Crippen molar-refractivity contribution in [2.45, 2.75) is 39.7 Å². The Morgan fingerprint density at radius 1 is 1.15 bits per heavy atom. The van der Waals surface area contributed by atoms with Crippen molar-refractivity contribution in [2.75, 3.05) is 0 Å². The molecule has 1 unspecified atom stereocenters. The Balaban J connectivity index is 2.22. The van der Waals surface area contributed by atoms with Gasteiger partial charge < -0.3 is 9.67 Å². The molecule has 0 aliphatic heterocycles. The van der Waals surface area contributed by atoms with E-state index in [0.717, 1.165) is 27.8 Å². The fourth-order valence-corrected chi connectivity index (χ4v) is 4.13. The number of amides is 1. The van der Waals surface area contributed by atoms with Gasteiger partial charge in [-0.3, -0.25) is 4.79 Å². The number of carbonyl (C=O) groups excluding carboxylic acids is 1. The van der Waals surface area contributed by atoms with Gasteiger partial charge in [-0.25, -0.2) is 4.79 Å². The van der Waals surface area contributed by atoms with Crippen LogP contribution in [0.15, 0.2) is 47.5 Å². The second kappa shape index (κ2) is 7.88. The van der Waals surface area contributed by atoms with Gasteiger partial charge in [0.25, 0.3) is 5.91 Å². The topological polar surface area (TPSA) is 71.7 Å². The number of thiazole rings is 1. The summed E-state index contributed by atoms with van der Waals surface area (Å²) < 4.78 is 2.61. The largest absolute Gasteiger partial charge is 0.480 e. The van der Waals surface area contributed by atoms with Crippen molar-refractivity contribution in [3.63, 3.8) is 0 Å². The lowest BCUT2D eigenvalue weighted by Crippen LogP contribution is -2.27. The maximum absolute atomic E-state index is 12.6. The second-order valence-corrected chi connectivity index (χ2v) is 7.46. The van der Waals surface area contributed by atoms with E-state index in [1.54, 1.807) is 16.7 Å². The van der Waals surface area contributed by atoms with Crippen LogP contribution in [0.25, 0.3) is 10.2 Å². The molecular formula is C21H22N2O3S. The van der Waals surface area contributed by atoms with Crippen molar-refractivity contribution in [2.24, 2.45) is 4.99 Å². The Hall–Kier alpha value is -2.73. The highest BCUT2D eigenvalue weighted by molar-refractivity contribution is 7.16. The fraction of sp³-hybridized carbons (Fsp3) is 0.286. The van der Waals surface area contributed by atoms with E-state index >= 15 is 0 Å². The van der Waals surface area contributed by atoms with Gasteiger partial charge in [0.05, 0.1) is 10.2 Å². The van der Waals surface area contributed by atoms with Crippen LogP contribution >= 0.6 is 11.3 Å². The van der Waals surface area contributed by atoms with E-state index in [4.69, 9.17) is 0 Å². The lowest BCUT2D eigenvalue weighted by Gasteiger charge is -2.13. The minimum Gasteiger partial charge on any atom is -0.480 e. The Morgan fingerprint density at radius 2 is 1.85 bits per heavy atom. The lowest BCUT2D eigenvalue weighted by molar-refractivity contribution is -0.140. The number of nitrogens with zero attached hydrogens (tertiary/aromatic N) is 2. The van der Waals surface area contributed by atoms with E-state index in [-0.39, 0.29) is 5.91 Å². The van der Waals surface area contributed by atoms with E-state index in [9.17, 15) is 14.7 Å². The zero-order valence-corrected chi connectivity index (χ0v) is 16.4. The van der Waals surface area contributed by atoms with E-state index in [2.05, 4.69) is 11.9 Å². The summed E-state index contributed by atoms with van der Waals surface area (Å²) >= 11 is 1.35. The van der Waals surface area contributed by atoms with Crippen LogP contribution in [0.3, 0.4) is 0 Å². The standard InChI is InChI=1S/C21H22N2O3S/c1-4-14-8-11-17-18(12-14)27-21(23(17)16(5-2)20(25)26)22-19(24)15-9-6-13(3)7-10-15/h6-12,16H,4-5H2,1-3H3,(H,25,26)/b22-21-. The molecule has 0 bridgehead atoms.